The summed E-state index contributed by atoms with van der Waals surface area (Å²) in [5.41, 5.74) is 2.50. The van der Waals surface area contributed by atoms with Crippen LogP contribution in [0.2, 0.25) is 0 Å². The van der Waals surface area contributed by atoms with E-state index in [0.29, 0.717) is 16.6 Å². The van der Waals surface area contributed by atoms with Crippen LogP contribution >= 0.6 is 12.2 Å². The fraction of sp³-hybridized carbons (Fsp3) is 0.185. The summed E-state index contributed by atoms with van der Waals surface area (Å²) in [6.45, 7) is 3.97. The summed E-state index contributed by atoms with van der Waals surface area (Å²) >= 11 is 5.77. The average molecular weight is 501 g/mol. The van der Waals surface area contributed by atoms with Crippen LogP contribution < -0.4 is 15.0 Å². The topological polar surface area (TPSA) is 93.7 Å². The monoisotopic (exact) mass is 500 g/mol. The van der Waals surface area contributed by atoms with E-state index in [-0.39, 0.29) is 23.9 Å². The lowest BCUT2D eigenvalue weighted by Gasteiger charge is -2.26. The van der Waals surface area contributed by atoms with Gasteiger partial charge in [-0.15, -0.1) is 0 Å². The Balaban J connectivity index is 1.52. The standard InChI is InChI=1S/C27H24N4O4S/c1-17(2)34-21-12-10-19(11-13-21)30-26(25(29-27(30)36)22-5-3-4-16-28-22)24-15-14-23(35-24)18-6-8-20(9-7-18)31(32)33/h3-17,25-26H,1-2H3,(H,29,36)/t25-,26-/m1/s1. The van der Waals surface area contributed by atoms with Gasteiger partial charge in [0.2, 0.25) is 0 Å². The van der Waals surface area contributed by atoms with Crippen molar-refractivity contribution >= 4 is 28.7 Å². The molecule has 2 atom stereocenters. The van der Waals surface area contributed by atoms with Crippen molar-refractivity contribution in [2.24, 2.45) is 0 Å². The van der Waals surface area contributed by atoms with Gasteiger partial charge >= 0.3 is 0 Å². The molecule has 8 nitrogen and oxygen atoms in total. The number of furan rings is 1. The summed E-state index contributed by atoms with van der Waals surface area (Å²) in [5, 5.41) is 15.0. The SMILES string of the molecule is CC(C)Oc1ccc(N2C(=S)N[C@H](c3ccccn3)[C@H]2c2ccc(-c3ccc([N+](=O)[O-])cc3)o2)cc1. The van der Waals surface area contributed by atoms with Crippen LogP contribution in [-0.2, 0) is 0 Å². The number of nitrogens with zero attached hydrogens (tertiary/aromatic N) is 3. The maximum atomic E-state index is 11.0. The molecule has 0 aliphatic carbocycles. The van der Waals surface area contributed by atoms with Gasteiger partial charge in [-0.3, -0.25) is 15.1 Å². The molecule has 0 amide bonds. The van der Waals surface area contributed by atoms with Gasteiger partial charge in [0.15, 0.2) is 5.11 Å². The van der Waals surface area contributed by atoms with Crippen molar-refractivity contribution in [1.29, 1.82) is 0 Å². The van der Waals surface area contributed by atoms with E-state index in [9.17, 15) is 10.1 Å². The zero-order valence-electron chi connectivity index (χ0n) is 19.7. The number of nitro benzene ring substituents is 1. The summed E-state index contributed by atoms with van der Waals surface area (Å²) in [6.07, 6.45) is 1.83. The van der Waals surface area contributed by atoms with Gasteiger partial charge in [0.05, 0.1) is 22.8 Å². The van der Waals surface area contributed by atoms with Crippen molar-refractivity contribution in [3.8, 4) is 17.1 Å². The van der Waals surface area contributed by atoms with Crippen LogP contribution in [0.25, 0.3) is 11.3 Å². The first-order valence-corrected chi connectivity index (χ1v) is 11.9. The van der Waals surface area contributed by atoms with Gasteiger partial charge < -0.3 is 19.4 Å². The highest BCUT2D eigenvalue weighted by molar-refractivity contribution is 7.80. The molecule has 2 aromatic heterocycles. The third kappa shape index (κ3) is 4.65. The van der Waals surface area contributed by atoms with Crippen molar-refractivity contribution in [3.05, 3.63) is 107 Å². The Hall–Kier alpha value is -4.24. The summed E-state index contributed by atoms with van der Waals surface area (Å²) in [7, 11) is 0. The van der Waals surface area contributed by atoms with Crippen LogP contribution in [0.3, 0.4) is 0 Å². The normalized spacial score (nSPS) is 17.3. The van der Waals surface area contributed by atoms with Crippen LogP contribution in [0.4, 0.5) is 11.4 Å². The van der Waals surface area contributed by atoms with E-state index in [4.69, 9.17) is 21.4 Å². The summed E-state index contributed by atoms with van der Waals surface area (Å²) in [5.74, 6) is 2.08. The van der Waals surface area contributed by atoms with Crippen molar-refractivity contribution in [2.75, 3.05) is 4.90 Å². The molecular formula is C27H24N4O4S. The summed E-state index contributed by atoms with van der Waals surface area (Å²) < 4.78 is 12.1. The van der Waals surface area contributed by atoms with Gasteiger partial charge in [-0.05, 0) is 86.7 Å². The number of nitrogens with one attached hydrogen (secondary N) is 1. The highest BCUT2D eigenvalue weighted by atomic mass is 32.1. The van der Waals surface area contributed by atoms with Gasteiger partial charge in [0.1, 0.15) is 23.3 Å². The molecule has 0 bridgehead atoms. The van der Waals surface area contributed by atoms with E-state index < -0.39 is 4.92 Å². The number of nitro groups is 1. The molecule has 0 unspecified atom stereocenters. The first-order valence-electron chi connectivity index (χ1n) is 11.5. The number of pyridine rings is 1. The van der Waals surface area contributed by atoms with Gasteiger partial charge in [-0.1, -0.05) is 6.07 Å². The van der Waals surface area contributed by atoms with Crippen LogP contribution in [0.5, 0.6) is 5.75 Å². The highest BCUT2D eigenvalue weighted by Crippen LogP contribution is 2.43. The van der Waals surface area contributed by atoms with Crippen molar-refractivity contribution in [1.82, 2.24) is 10.3 Å². The molecular weight excluding hydrogens is 476 g/mol. The second-order valence-electron chi connectivity index (χ2n) is 8.66. The number of benzene rings is 2. The van der Waals surface area contributed by atoms with Crippen molar-refractivity contribution in [3.63, 3.8) is 0 Å². The summed E-state index contributed by atoms with van der Waals surface area (Å²) in [6, 6.07) is 23.1. The number of rotatable bonds is 7. The van der Waals surface area contributed by atoms with E-state index in [1.165, 1.54) is 12.1 Å². The van der Waals surface area contributed by atoms with E-state index in [1.807, 2.05) is 73.3 Å². The largest absolute Gasteiger partial charge is 0.491 e. The molecule has 1 N–H and O–H groups in total. The molecule has 182 valence electrons. The Morgan fingerprint density at radius 3 is 2.44 bits per heavy atom. The van der Waals surface area contributed by atoms with Gasteiger partial charge in [0.25, 0.3) is 5.69 Å². The fourth-order valence-electron chi connectivity index (χ4n) is 4.29. The first kappa shape index (κ1) is 23.5. The Bertz CT molecular complexity index is 1370. The Labute approximate surface area is 213 Å². The lowest BCUT2D eigenvalue weighted by Crippen LogP contribution is -2.29. The zero-order chi connectivity index (χ0) is 25.2. The van der Waals surface area contributed by atoms with Crippen molar-refractivity contribution < 1.29 is 14.1 Å². The van der Waals surface area contributed by atoms with Crippen LogP contribution in [0.1, 0.15) is 37.4 Å². The predicted molar refractivity (Wildman–Crippen MR) is 141 cm³/mol. The van der Waals surface area contributed by atoms with Crippen LogP contribution in [-0.4, -0.2) is 21.1 Å². The molecule has 0 spiro atoms. The smallest absolute Gasteiger partial charge is 0.269 e. The minimum atomic E-state index is -0.421. The Kier molecular flexibility index (Phi) is 6.39. The molecule has 36 heavy (non-hydrogen) atoms. The average Bonchev–Trinajstić information content (AvgIpc) is 3.49. The fourth-order valence-corrected chi connectivity index (χ4v) is 4.64. The molecule has 3 heterocycles. The van der Waals surface area contributed by atoms with Crippen LogP contribution in [0, 0.1) is 10.1 Å². The molecule has 4 aromatic rings. The molecule has 1 aliphatic heterocycles. The van der Waals surface area contributed by atoms with Gasteiger partial charge in [-0.25, -0.2) is 0 Å². The maximum Gasteiger partial charge on any atom is 0.269 e. The third-order valence-electron chi connectivity index (χ3n) is 5.87. The zero-order valence-corrected chi connectivity index (χ0v) is 20.5. The number of hydrogen-bond donors (Lipinski definition) is 1. The molecule has 2 aromatic carbocycles. The van der Waals surface area contributed by atoms with E-state index in [2.05, 4.69) is 10.3 Å². The third-order valence-corrected chi connectivity index (χ3v) is 6.18. The Morgan fingerprint density at radius 2 is 1.81 bits per heavy atom. The molecule has 0 radical (unpaired) electrons. The lowest BCUT2D eigenvalue weighted by molar-refractivity contribution is -0.384. The highest BCUT2D eigenvalue weighted by Gasteiger charge is 2.42. The number of thiocarbonyl (C=S) groups is 1. The van der Waals surface area contributed by atoms with E-state index >= 15 is 0 Å². The quantitative estimate of drug-likeness (QED) is 0.182. The minimum absolute atomic E-state index is 0.0298. The van der Waals surface area contributed by atoms with Gasteiger partial charge in [0, 0.05) is 29.6 Å². The van der Waals surface area contributed by atoms with Crippen LogP contribution in [0.15, 0.2) is 89.5 Å². The number of non-ortho nitro benzene ring substituents is 1. The predicted octanol–water partition coefficient (Wildman–Crippen LogP) is 6.21. The van der Waals surface area contributed by atoms with E-state index in [1.54, 1.807) is 18.3 Å². The van der Waals surface area contributed by atoms with Crippen molar-refractivity contribution in [2.45, 2.75) is 32.0 Å². The molecule has 0 saturated carbocycles. The first-order chi connectivity index (χ1) is 17.4. The second kappa shape index (κ2) is 9.79. The maximum absolute atomic E-state index is 11.0. The second-order valence-corrected chi connectivity index (χ2v) is 9.05. The Morgan fingerprint density at radius 1 is 1.06 bits per heavy atom. The molecule has 1 fully saturated rings. The molecule has 5 rings (SSSR count). The number of anilines is 1. The molecule has 1 saturated heterocycles. The van der Waals surface area contributed by atoms with Gasteiger partial charge in [-0.2, -0.15) is 0 Å². The molecule has 1 aliphatic rings. The number of ether oxygens (including phenoxy) is 1. The minimum Gasteiger partial charge on any atom is -0.491 e. The number of aromatic nitrogens is 1. The molecule has 9 heteroatoms. The lowest BCUT2D eigenvalue weighted by atomic mass is 10.0. The van der Waals surface area contributed by atoms with E-state index in [0.717, 1.165) is 22.7 Å². The summed E-state index contributed by atoms with van der Waals surface area (Å²) in [4.78, 5) is 17.2. The number of hydrogen-bond acceptors (Lipinski definition) is 6.